The standard InChI is InChI=1S/C24H21BrN4O3/c1-14-6-7-19(28-23(30)15-4-3-5-18(25)8-15)10-17(14)12-26-20-9-16-11-21(24(31)32-2)29-22(16)27-13-20/h3-11,13,26H,12H2,1-2H3,(H,27,29)(H,28,30). The van der Waals surface area contributed by atoms with Gasteiger partial charge in [0.15, 0.2) is 0 Å². The van der Waals surface area contributed by atoms with Gasteiger partial charge in [0.05, 0.1) is 19.0 Å². The summed E-state index contributed by atoms with van der Waals surface area (Å²) in [5, 5.41) is 7.11. The molecule has 4 aromatic rings. The lowest BCUT2D eigenvalue weighted by atomic mass is 10.1. The van der Waals surface area contributed by atoms with Crippen LogP contribution in [0.25, 0.3) is 11.0 Å². The second kappa shape index (κ2) is 9.23. The number of carbonyl (C=O) groups excluding carboxylic acids is 2. The zero-order valence-electron chi connectivity index (χ0n) is 17.5. The summed E-state index contributed by atoms with van der Waals surface area (Å²) >= 11 is 3.39. The zero-order valence-corrected chi connectivity index (χ0v) is 19.1. The molecule has 0 bridgehead atoms. The molecule has 0 atom stereocenters. The summed E-state index contributed by atoms with van der Waals surface area (Å²) < 4.78 is 5.59. The van der Waals surface area contributed by atoms with E-state index in [2.05, 4.69) is 36.5 Å². The van der Waals surface area contributed by atoms with Gasteiger partial charge in [-0.05, 0) is 60.5 Å². The predicted molar refractivity (Wildman–Crippen MR) is 128 cm³/mol. The van der Waals surface area contributed by atoms with Crippen molar-refractivity contribution < 1.29 is 14.3 Å². The van der Waals surface area contributed by atoms with Crippen molar-refractivity contribution in [1.82, 2.24) is 9.97 Å². The van der Waals surface area contributed by atoms with Crippen LogP contribution in [0.2, 0.25) is 0 Å². The number of aryl methyl sites for hydroxylation is 1. The van der Waals surface area contributed by atoms with Gasteiger partial charge in [-0.3, -0.25) is 4.79 Å². The van der Waals surface area contributed by atoms with Crippen LogP contribution < -0.4 is 10.6 Å². The van der Waals surface area contributed by atoms with Crippen molar-refractivity contribution in [1.29, 1.82) is 0 Å². The minimum Gasteiger partial charge on any atom is -0.464 e. The number of aromatic amines is 1. The summed E-state index contributed by atoms with van der Waals surface area (Å²) in [5.74, 6) is -0.604. The Morgan fingerprint density at radius 1 is 1.09 bits per heavy atom. The van der Waals surface area contributed by atoms with Crippen molar-refractivity contribution in [2.75, 3.05) is 17.7 Å². The maximum absolute atomic E-state index is 12.5. The van der Waals surface area contributed by atoms with E-state index >= 15 is 0 Å². The average Bonchev–Trinajstić information content (AvgIpc) is 3.22. The van der Waals surface area contributed by atoms with Gasteiger partial charge in [-0.1, -0.05) is 28.1 Å². The second-order valence-electron chi connectivity index (χ2n) is 7.30. The predicted octanol–water partition coefficient (Wildman–Crippen LogP) is 5.28. The highest BCUT2D eigenvalue weighted by molar-refractivity contribution is 9.10. The van der Waals surface area contributed by atoms with Crippen molar-refractivity contribution in [2.45, 2.75) is 13.5 Å². The molecule has 32 heavy (non-hydrogen) atoms. The Morgan fingerprint density at radius 2 is 1.94 bits per heavy atom. The third-order valence-corrected chi connectivity index (χ3v) is 5.55. The number of aromatic nitrogens is 2. The van der Waals surface area contributed by atoms with Crippen LogP contribution in [0.5, 0.6) is 0 Å². The second-order valence-corrected chi connectivity index (χ2v) is 8.21. The molecular formula is C24H21BrN4O3. The molecule has 4 rings (SSSR count). The van der Waals surface area contributed by atoms with Crippen LogP contribution in [-0.2, 0) is 11.3 Å². The van der Waals surface area contributed by atoms with Gasteiger partial charge in [0.1, 0.15) is 11.3 Å². The Labute approximate surface area is 193 Å². The number of hydrogen-bond donors (Lipinski definition) is 3. The molecule has 162 valence electrons. The van der Waals surface area contributed by atoms with Gasteiger partial charge in [0.2, 0.25) is 0 Å². The first-order valence-corrected chi connectivity index (χ1v) is 10.7. The summed E-state index contributed by atoms with van der Waals surface area (Å²) in [4.78, 5) is 31.6. The lowest BCUT2D eigenvalue weighted by Gasteiger charge is -2.12. The molecule has 0 spiro atoms. The molecule has 0 saturated heterocycles. The highest BCUT2D eigenvalue weighted by Crippen LogP contribution is 2.21. The van der Waals surface area contributed by atoms with Crippen LogP contribution in [0, 0.1) is 6.92 Å². The van der Waals surface area contributed by atoms with E-state index in [1.54, 1.807) is 24.4 Å². The first-order valence-electron chi connectivity index (χ1n) is 9.90. The molecule has 0 aliphatic carbocycles. The first-order chi connectivity index (χ1) is 15.4. The number of nitrogens with zero attached hydrogens (tertiary/aromatic N) is 1. The third kappa shape index (κ3) is 4.81. The van der Waals surface area contributed by atoms with E-state index in [9.17, 15) is 9.59 Å². The number of halogens is 1. The molecule has 0 fully saturated rings. The topological polar surface area (TPSA) is 96.1 Å². The monoisotopic (exact) mass is 492 g/mol. The SMILES string of the molecule is COC(=O)c1cc2cc(NCc3cc(NC(=O)c4cccc(Br)c4)ccc3C)cnc2[nH]1. The van der Waals surface area contributed by atoms with Crippen molar-refractivity contribution in [3.05, 3.63) is 87.7 Å². The molecular weight excluding hydrogens is 472 g/mol. The van der Waals surface area contributed by atoms with Gasteiger partial charge < -0.3 is 20.4 Å². The Morgan fingerprint density at radius 3 is 2.72 bits per heavy atom. The number of H-pyrrole nitrogens is 1. The van der Waals surface area contributed by atoms with E-state index in [-0.39, 0.29) is 5.91 Å². The summed E-state index contributed by atoms with van der Waals surface area (Å²) in [6.45, 7) is 2.57. The van der Waals surface area contributed by atoms with Crippen LogP contribution in [0.3, 0.4) is 0 Å². The molecule has 1 amide bonds. The van der Waals surface area contributed by atoms with E-state index in [4.69, 9.17) is 4.74 Å². The number of methoxy groups -OCH3 is 1. The molecule has 8 heteroatoms. The van der Waals surface area contributed by atoms with Gasteiger partial charge in [-0.25, -0.2) is 9.78 Å². The maximum Gasteiger partial charge on any atom is 0.354 e. The summed E-state index contributed by atoms with van der Waals surface area (Å²) in [6, 6.07) is 16.7. The molecule has 0 saturated carbocycles. The molecule has 3 N–H and O–H groups in total. The van der Waals surface area contributed by atoms with Crippen LogP contribution in [0.1, 0.15) is 32.0 Å². The van der Waals surface area contributed by atoms with Crippen molar-refractivity contribution in [3.63, 3.8) is 0 Å². The molecule has 0 aliphatic rings. The number of pyridine rings is 1. The van der Waals surface area contributed by atoms with Gasteiger partial charge in [-0.2, -0.15) is 0 Å². The first kappa shape index (κ1) is 21.6. The number of anilines is 2. The number of rotatable bonds is 6. The van der Waals surface area contributed by atoms with Gasteiger partial charge in [0.25, 0.3) is 5.91 Å². The minimum absolute atomic E-state index is 0.169. The van der Waals surface area contributed by atoms with Crippen LogP contribution in [0.4, 0.5) is 11.4 Å². The Hall–Kier alpha value is -3.65. The zero-order chi connectivity index (χ0) is 22.7. The molecule has 2 aromatic heterocycles. The van der Waals surface area contributed by atoms with E-state index in [1.807, 2.05) is 43.3 Å². The van der Waals surface area contributed by atoms with E-state index < -0.39 is 5.97 Å². The number of hydrogen-bond acceptors (Lipinski definition) is 5. The van der Waals surface area contributed by atoms with E-state index in [0.717, 1.165) is 32.4 Å². The summed E-state index contributed by atoms with van der Waals surface area (Å²) in [5.41, 5.74) is 5.23. The van der Waals surface area contributed by atoms with Crippen molar-refractivity contribution in [3.8, 4) is 0 Å². The van der Waals surface area contributed by atoms with Crippen LogP contribution in [-0.4, -0.2) is 29.0 Å². The molecule has 0 radical (unpaired) electrons. The number of benzene rings is 2. The number of esters is 1. The fourth-order valence-electron chi connectivity index (χ4n) is 3.30. The number of fused-ring (bicyclic) bond motifs is 1. The lowest BCUT2D eigenvalue weighted by Crippen LogP contribution is -2.12. The number of nitrogens with one attached hydrogen (secondary N) is 3. The summed E-state index contributed by atoms with van der Waals surface area (Å²) in [6.07, 6.45) is 1.70. The maximum atomic E-state index is 12.5. The fraction of sp³-hybridized carbons (Fsp3) is 0.125. The molecule has 2 aromatic carbocycles. The minimum atomic E-state index is -0.435. The number of ether oxygens (including phenoxy) is 1. The van der Waals surface area contributed by atoms with Gasteiger partial charge >= 0.3 is 5.97 Å². The summed E-state index contributed by atoms with van der Waals surface area (Å²) in [7, 11) is 1.34. The van der Waals surface area contributed by atoms with Crippen LogP contribution in [0.15, 0.2) is 65.3 Å². The van der Waals surface area contributed by atoms with Crippen molar-refractivity contribution in [2.24, 2.45) is 0 Å². The van der Waals surface area contributed by atoms with Crippen molar-refractivity contribution >= 4 is 50.2 Å². The Bertz CT molecular complexity index is 1320. The van der Waals surface area contributed by atoms with Gasteiger partial charge in [-0.15, -0.1) is 0 Å². The van der Waals surface area contributed by atoms with E-state index in [1.165, 1.54) is 7.11 Å². The van der Waals surface area contributed by atoms with Gasteiger partial charge in [0, 0.05) is 27.7 Å². The number of amides is 1. The van der Waals surface area contributed by atoms with E-state index in [0.29, 0.717) is 23.4 Å². The molecule has 7 nitrogen and oxygen atoms in total. The van der Waals surface area contributed by atoms with Crippen LogP contribution >= 0.6 is 15.9 Å². The lowest BCUT2D eigenvalue weighted by molar-refractivity contribution is 0.0595. The smallest absolute Gasteiger partial charge is 0.354 e. The average molecular weight is 493 g/mol. The molecule has 2 heterocycles. The molecule has 0 unspecified atom stereocenters. The highest BCUT2D eigenvalue weighted by atomic mass is 79.9. The quantitative estimate of drug-likeness (QED) is 0.318. The fourth-order valence-corrected chi connectivity index (χ4v) is 3.70. The normalized spacial score (nSPS) is 10.7. The Balaban J connectivity index is 1.47. The number of carbonyl (C=O) groups is 2. The Kier molecular flexibility index (Phi) is 6.23. The highest BCUT2D eigenvalue weighted by Gasteiger charge is 2.11. The third-order valence-electron chi connectivity index (χ3n) is 5.05. The molecule has 0 aliphatic heterocycles. The largest absolute Gasteiger partial charge is 0.464 e.